The number of nitrogens with zero attached hydrogens (tertiary/aromatic N) is 2. The maximum atomic E-state index is 13.3. The molecule has 1 aromatic carbocycles. The minimum Gasteiger partial charge on any atom is -0.326 e. The Bertz CT molecular complexity index is 1190. The first-order valence-electron chi connectivity index (χ1n) is 10.7. The van der Waals surface area contributed by atoms with E-state index in [-0.39, 0.29) is 33.7 Å². The highest BCUT2D eigenvalue weighted by Crippen LogP contribution is 2.37. The summed E-state index contributed by atoms with van der Waals surface area (Å²) in [5.41, 5.74) is 1.61. The van der Waals surface area contributed by atoms with Crippen molar-refractivity contribution in [1.29, 1.82) is 0 Å². The third kappa shape index (κ3) is 5.62. The lowest BCUT2D eigenvalue weighted by Crippen LogP contribution is -2.42. The molecule has 0 spiro atoms. The first kappa shape index (κ1) is 24.3. The fourth-order valence-electron chi connectivity index (χ4n) is 4.02. The molecular weight excluding hydrogens is 502 g/mol. The summed E-state index contributed by atoms with van der Waals surface area (Å²) in [6.45, 7) is 1.89. The Kier molecular flexibility index (Phi) is 7.47. The highest BCUT2D eigenvalue weighted by molar-refractivity contribution is 8.16. The minimum absolute atomic E-state index is 0.0254. The van der Waals surface area contributed by atoms with E-state index in [1.54, 1.807) is 6.07 Å². The van der Waals surface area contributed by atoms with E-state index in [0.29, 0.717) is 10.0 Å². The third-order valence-electron chi connectivity index (χ3n) is 5.70. The smallest absolute Gasteiger partial charge is 0.294 e. The Labute approximate surface area is 206 Å². The Morgan fingerprint density at radius 1 is 1.18 bits per heavy atom. The molecule has 1 N–H and O–H groups in total. The van der Waals surface area contributed by atoms with E-state index >= 15 is 0 Å². The van der Waals surface area contributed by atoms with Crippen LogP contribution < -0.4 is 5.32 Å². The summed E-state index contributed by atoms with van der Waals surface area (Å²) in [5.74, 6) is -0.558. The van der Waals surface area contributed by atoms with Crippen LogP contribution >= 0.6 is 34.7 Å². The lowest BCUT2D eigenvalue weighted by Gasteiger charge is -2.30. The molecule has 7 nitrogen and oxygen atoms in total. The van der Waals surface area contributed by atoms with Gasteiger partial charge >= 0.3 is 0 Å². The predicted octanol–water partition coefficient (Wildman–Crippen LogP) is 5.06. The average molecular weight is 526 g/mol. The van der Waals surface area contributed by atoms with Crippen LogP contribution in [0.1, 0.15) is 44.1 Å². The van der Waals surface area contributed by atoms with E-state index in [1.165, 1.54) is 17.0 Å². The summed E-state index contributed by atoms with van der Waals surface area (Å²) < 4.78 is 30.2. The molecule has 2 aromatic rings. The van der Waals surface area contributed by atoms with Crippen LogP contribution in [0.25, 0.3) is 0 Å². The van der Waals surface area contributed by atoms with Crippen LogP contribution in [0.15, 0.2) is 45.0 Å². The normalized spacial score (nSPS) is 21.0. The predicted molar refractivity (Wildman–Crippen MR) is 133 cm³/mol. The van der Waals surface area contributed by atoms with Gasteiger partial charge in [0, 0.05) is 18.2 Å². The molecule has 1 aliphatic carbocycles. The number of sulfonamides is 1. The van der Waals surface area contributed by atoms with Gasteiger partial charge in [0.2, 0.25) is 11.8 Å². The van der Waals surface area contributed by atoms with Gasteiger partial charge in [-0.3, -0.25) is 14.5 Å². The van der Waals surface area contributed by atoms with Gasteiger partial charge in [0.05, 0.1) is 4.34 Å². The molecule has 33 heavy (non-hydrogen) atoms. The fourth-order valence-corrected chi connectivity index (χ4v) is 7.88. The lowest BCUT2D eigenvalue weighted by molar-refractivity contribution is -0.130. The van der Waals surface area contributed by atoms with Gasteiger partial charge in [-0.05, 0) is 43.5 Å². The summed E-state index contributed by atoms with van der Waals surface area (Å²) in [6, 6.07) is 10.2. The van der Waals surface area contributed by atoms with Crippen LogP contribution in [-0.4, -0.2) is 41.6 Å². The summed E-state index contributed by atoms with van der Waals surface area (Å²) in [5, 5.41) is 2.27. The number of amides is 2. The van der Waals surface area contributed by atoms with Crippen LogP contribution in [0.5, 0.6) is 0 Å². The zero-order valence-corrected chi connectivity index (χ0v) is 21.2. The zero-order valence-electron chi connectivity index (χ0n) is 18.0. The average Bonchev–Trinajstić information content (AvgIpc) is 3.34. The Morgan fingerprint density at radius 2 is 1.91 bits per heavy atom. The van der Waals surface area contributed by atoms with Crippen molar-refractivity contribution in [3.63, 3.8) is 0 Å². The second kappa shape index (κ2) is 10.2. The number of carbonyl (C=O) groups excluding carboxylic acids is 2. The highest BCUT2D eigenvalue weighted by atomic mass is 35.5. The van der Waals surface area contributed by atoms with Gasteiger partial charge < -0.3 is 5.32 Å². The van der Waals surface area contributed by atoms with Gasteiger partial charge in [-0.2, -0.15) is 8.42 Å². The van der Waals surface area contributed by atoms with Crippen molar-refractivity contribution in [2.24, 2.45) is 4.40 Å². The van der Waals surface area contributed by atoms with Crippen LogP contribution in [0.4, 0.5) is 5.69 Å². The second-order valence-electron chi connectivity index (χ2n) is 8.08. The van der Waals surface area contributed by atoms with Crippen LogP contribution in [0.3, 0.4) is 0 Å². The number of nitrogens with one attached hydrogen (secondary N) is 1. The molecule has 0 bridgehead atoms. The number of rotatable bonds is 6. The lowest BCUT2D eigenvalue weighted by atomic mass is 9.94. The number of carbonyl (C=O) groups is 2. The van der Waals surface area contributed by atoms with E-state index in [1.807, 2.05) is 25.1 Å². The molecule has 2 heterocycles. The Hall–Kier alpha value is -1.88. The van der Waals surface area contributed by atoms with Gasteiger partial charge in [0.15, 0.2) is 5.17 Å². The third-order valence-corrected chi connectivity index (χ3v) is 9.93. The van der Waals surface area contributed by atoms with E-state index in [9.17, 15) is 18.0 Å². The van der Waals surface area contributed by atoms with Gasteiger partial charge in [-0.25, -0.2) is 0 Å². The quantitative estimate of drug-likeness (QED) is 0.568. The van der Waals surface area contributed by atoms with Crippen molar-refractivity contribution in [2.45, 2.75) is 60.9 Å². The fraction of sp³-hybridized carbons (Fsp3) is 0.409. The summed E-state index contributed by atoms with van der Waals surface area (Å²) in [4.78, 5) is 27.5. The van der Waals surface area contributed by atoms with Gasteiger partial charge in [0.1, 0.15) is 9.46 Å². The number of halogens is 1. The van der Waals surface area contributed by atoms with Crippen molar-refractivity contribution >= 4 is 67.4 Å². The number of thioether (sulfide) groups is 1. The van der Waals surface area contributed by atoms with Gasteiger partial charge in [-0.1, -0.05) is 60.8 Å². The van der Waals surface area contributed by atoms with E-state index in [2.05, 4.69) is 9.71 Å². The Balaban J connectivity index is 1.58. The highest BCUT2D eigenvalue weighted by Gasteiger charge is 2.43. The van der Waals surface area contributed by atoms with Crippen LogP contribution in [0.2, 0.25) is 4.34 Å². The van der Waals surface area contributed by atoms with Crippen molar-refractivity contribution in [3.8, 4) is 0 Å². The monoisotopic (exact) mass is 525 g/mol. The second-order valence-corrected chi connectivity index (χ2v) is 12.8. The zero-order chi connectivity index (χ0) is 23.6. The van der Waals surface area contributed by atoms with E-state index < -0.39 is 15.3 Å². The van der Waals surface area contributed by atoms with Crippen molar-refractivity contribution in [1.82, 2.24) is 4.90 Å². The van der Waals surface area contributed by atoms with Crippen molar-refractivity contribution in [2.75, 3.05) is 5.32 Å². The molecule has 2 fully saturated rings. The SMILES string of the molecule is Cc1ccccc1NC(=O)CC1S/C(=N/S(=O)(=O)c2ccc(Cl)s2)N(C2CCCCC2)C1=O. The molecule has 2 aliphatic rings. The number of hydrogen-bond acceptors (Lipinski definition) is 6. The molecule has 1 saturated carbocycles. The van der Waals surface area contributed by atoms with Crippen molar-refractivity contribution < 1.29 is 18.0 Å². The van der Waals surface area contributed by atoms with E-state index in [4.69, 9.17) is 11.6 Å². The number of anilines is 1. The minimum atomic E-state index is -4.02. The maximum Gasteiger partial charge on any atom is 0.294 e. The Morgan fingerprint density at radius 3 is 2.58 bits per heavy atom. The van der Waals surface area contributed by atoms with Crippen LogP contribution in [0, 0.1) is 6.92 Å². The number of amidine groups is 1. The number of aryl methyl sites for hydroxylation is 1. The molecule has 2 amide bonds. The first-order valence-corrected chi connectivity index (χ1v) is 14.2. The molecule has 1 aromatic heterocycles. The van der Waals surface area contributed by atoms with Gasteiger partial charge in [0.25, 0.3) is 10.0 Å². The molecule has 1 saturated heterocycles. The molecule has 0 radical (unpaired) electrons. The standard InChI is InChI=1S/C22H24ClN3O4S3/c1-14-7-5-6-10-16(14)24-19(27)13-17-21(28)26(15-8-3-2-4-9-15)22(31-17)25-33(29,30)20-12-11-18(23)32-20/h5-7,10-12,15,17H,2-4,8-9,13H2,1H3,(H,24,27)/b25-22+. The summed E-state index contributed by atoms with van der Waals surface area (Å²) >= 11 is 7.88. The molecule has 1 unspecified atom stereocenters. The summed E-state index contributed by atoms with van der Waals surface area (Å²) in [7, 11) is -4.02. The topological polar surface area (TPSA) is 95.9 Å². The van der Waals surface area contributed by atoms with Gasteiger partial charge in [-0.15, -0.1) is 15.7 Å². The largest absolute Gasteiger partial charge is 0.326 e. The van der Waals surface area contributed by atoms with Crippen molar-refractivity contribution in [3.05, 3.63) is 46.3 Å². The molecule has 1 atom stereocenters. The first-order chi connectivity index (χ1) is 15.7. The number of para-hydroxylation sites is 1. The molecule has 176 valence electrons. The number of thiophene rings is 1. The van der Waals surface area contributed by atoms with E-state index in [0.717, 1.165) is 60.8 Å². The number of hydrogen-bond donors (Lipinski definition) is 1. The van der Waals surface area contributed by atoms with Crippen LogP contribution in [-0.2, 0) is 19.6 Å². The number of benzene rings is 1. The summed E-state index contributed by atoms with van der Waals surface area (Å²) in [6.07, 6.45) is 4.55. The molecule has 4 rings (SSSR count). The molecular formula is C22H24ClN3O4S3. The molecule has 1 aliphatic heterocycles. The molecule has 11 heteroatoms. The maximum absolute atomic E-state index is 13.3.